The van der Waals surface area contributed by atoms with Crippen LogP contribution in [0.1, 0.15) is 23.7 Å². The van der Waals surface area contributed by atoms with Gasteiger partial charge in [-0.25, -0.2) is 0 Å². The van der Waals surface area contributed by atoms with E-state index in [1.165, 1.54) is 0 Å². The Labute approximate surface area is 107 Å². The lowest BCUT2D eigenvalue weighted by molar-refractivity contribution is 0.0898. The van der Waals surface area contributed by atoms with Crippen molar-refractivity contribution in [3.05, 3.63) is 35.4 Å². The quantitative estimate of drug-likeness (QED) is 0.870. The van der Waals surface area contributed by atoms with Crippen molar-refractivity contribution in [2.75, 3.05) is 26.7 Å². The molecular weight excluding hydrogens is 228 g/mol. The Bertz CT molecular complexity index is 424. The number of ether oxygens (including phenoxy) is 1. The van der Waals surface area contributed by atoms with Crippen LogP contribution in [-0.4, -0.2) is 42.9 Å². The minimum absolute atomic E-state index is 0.290. The normalized spacial score (nSPS) is 21.7. The van der Waals surface area contributed by atoms with Crippen molar-refractivity contribution < 1.29 is 9.84 Å². The molecule has 1 aromatic rings. The van der Waals surface area contributed by atoms with E-state index in [4.69, 9.17) is 10.00 Å². The minimum Gasteiger partial charge on any atom is -0.387 e. The smallest absolute Gasteiger partial charge is 0.0991 e. The first kappa shape index (κ1) is 13.0. The van der Waals surface area contributed by atoms with E-state index < -0.39 is 6.10 Å². The van der Waals surface area contributed by atoms with Crippen molar-refractivity contribution in [2.45, 2.75) is 18.6 Å². The molecule has 2 atom stereocenters. The fraction of sp³-hybridized carbons (Fsp3) is 0.500. The molecule has 1 saturated heterocycles. The highest BCUT2D eigenvalue weighted by Crippen LogP contribution is 2.19. The van der Waals surface area contributed by atoms with Crippen LogP contribution in [0.2, 0.25) is 0 Å². The summed E-state index contributed by atoms with van der Waals surface area (Å²) in [5, 5.41) is 18.9. The van der Waals surface area contributed by atoms with Gasteiger partial charge in [0.25, 0.3) is 0 Å². The van der Waals surface area contributed by atoms with Gasteiger partial charge in [0.15, 0.2) is 0 Å². The highest BCUT2D eigenvalue weighted by Gasteiger charge is 2.24. The molecule has 0 saturated carbocycles. The van der Waals surface area contributed by atoms with Crippen LogP contribution in [0.3, 0.4) is 0 Å². The average molecular weight is 246 g/mol. The maximum atomic E-state index is 10.1. The van der Waals surface area contributed by atoms with E-state index in [1.807, 2.05) is 12.1 Å². The zero-order chi connectivity index (χ0) is 13.0. The first-order valence-electron chi connectivity index (χ1n) is 6.16. The Morgan fingerprint density at radius 3 is 2.78 bits per heavy atom. The molecule has 1 N–H and O–H groups in total. The molecule has 0 aliphatic carbocycles. The third-order valence-electron chi connectivity index (χ3n) is 3.42. The van der Waals surface area contributed by atoms with E-state index in [0.29, 0.717) is 12.1 Å². The number of aliphatic hydroxyl groups excluding tert-OH is 1. The summed E-state index contributed by atoms with van der Waals surface area (Å²) in [6.07, 6.45) is 0.808. The highest BCUT2D eigenvalue weighted by atomic mass is 16.5. The third kappa shape index (κ3) is 3.08. The van der Waals surface area contributed by atoms with Gasteiger partial charge in [0, 0.05) is 26.7 Å². The Hall–Kier alpha value is -1.41. The number of benzene rings is 1. The predicted molar refractivity (Wildman–Crippen MR) is 68.0 cm³/mol. The second-order valence-electron chi connectivity index (χ2n) is 4.66. The molecule has 96 valence electrons. The number of hydrogen-bond acceptors (Lipinski definition) is 4. The second kappa shape index (κ2) is 5.96. The van der Waals surface area contributed by atoms with Crippen molar-refractivity contribution >= 4 is 0 Å². The Morgan fingerprint density at radius 1 is 1.50 bits per heavy atom. The van der Waals surface area contributed by atoms with Crippen molar-refractivity contribution in [2.24, 2.45) is 0 Å². The fourth-order valence-corrected chi connectivity index (χ4v) is 2.29. The maximum Gasteiger partial charge on any atom is 0.0991 e. The van der Waals surface area contributed by atoms with Crippen LogP contribution in [0, 0.1) is 11.3 Å². The molecule has 1 aliphatic rings. The maximum absolute atomic E-state index is 10.1. The summed E-state index contributed by atoms with van der Waals surface area (Å²) in [6.45, 7) is 2.46. The molecule has 2 unspecified atom stereocenters. The second-order valence-corrected chi connectivity index (χ2v) is 4.66. The van der Waals surface area contributed by atoms with Gasteiger partial charge in [-0.3, -0.25) is 4.90 Å². The van der Waals surface area contributed by atoms with Crippen molar-refractivity contribution in [3.63, 3.8) is 0 Å². The van der Waals surface area contributed by atoms with Gasteiger partial charge in [-0.15, -0.1) is 0 Å². The number of nitriles is 1. The van der Waals surface area contributed by atoms with Gasteiger partial charge in [-0.05, 0) is 24.1 Å². The number of hydrogen-bond donors (Lipinski definition) is 1. The summed E-state index contributed by atoms with van der Waals surface area (Å²) in [5.41, 5.74) is 1.47. The van der Waals surface area contributed by atoms with Gasteiger partial charge in [-0.2, -0.15) is 5.26 Å². The molecule has 0 spiro atoms. The zero-order valence-electron chi connectivity index (χ0n) is 10.5. The van der Waals surface area contributed by atoms with Crippen molar-refractivity contribution in [1.82, 2.24) is 4.90 Å². The topological polar surface area (TPSA) is 56.5 Å². The molecule has 1 aromatic carbocycles. The van der Waals surface area contributed by atoms with Crippen LogP contribution in [0.15, 0.2) is 24.3 Å². The summed E-state index contributed by atoms with van der Waals surface area (Å²) in [4.78, 5) is 2.21. The molecule has 0 radical (unpaired) electrons. The van der Waals surface area contributed by atoms with Gasteiger partial charge in [-0.1, -0.05) is 12.1 Å². The van der Waals surface area contributed by atoms with Crippen LogP contribution in [0.5, 0.6) is 0 Å². The van der Waals surface area contributed by atoms with Crippen LogP contribution in [0.4, 0.5) is 0 Å². The standard InChI is InChI=1S/C14H18N2O2/c1-18-13-6-7-16(9-13)10-14(17)12-4-2-11(8-15)3-5-12/h2-5,13-14,17H,6-7,9-10H2,1H3. The lowest BCUT2D eigenvalue weighted by atomic mass is 10.1. The number of likely N-dealkylation sites (tertiary alicyclic amines) is 1. The van der Waals surface area contributed by atoms with Gasteiger partial charge in [0.2, 0.25) is 0 Å². The van der Waals surface area contributed by atoms with Crippen LogP contribution >= 0.6 is 0 Å². The summed E-state index contributed by atoms with van der Waals surface area (Å²) in [6, 6.07) is 9.17. The largest absolute Gasteiger partial charge is 0.387 e. The summed E-state index contributed by atoms with van der Waals surface area (Å²) >= 11 is 0. The average Bonchev–Trinajstić information content (AvgIpc) is 2.86. The summed E-state index contributed by atoms with van der Waals surface area (Å²) in [5.74, 6) is 0. The lowest BCUT2D eigenvalue weighted by Crippen LogP contribution is -2.27. The number of rotatable bonds is 4. The molecule has 4 heteroatoms. The Kier molecular flexibility index (Phi) is 4.32. The molecule has 0 amide bonds. The van der Waals surface area contributed by atoms with Gasteiger partial charge >= 0.3 is 0 Å². The molecule has 1 aliphatic heterocycles. The number of β-amino-alcohol motifs (C(OH)–C–C–N with tert-alkyl or cyclic N) is 1. The van der Waals surface area contributed by atoms with E-state index in [0.717, 1.165) is 25.1 Å². The van der Waals surface area contributed by atoms with Gasteiger partial charge in [0.05, 0.1) is 23.8 Å². The third-order valence-corrected chi connectivity index (χ3v) is 3.42. The first-order chi connectivity index (χ1) is 8.72. The molecule has 1 heterocycles. The molecule has 1 fully saturated rings. The minimum atomic E-state index is -0.506. The molecular formula is C14H18N2O2. The number of nitrogens with zero attached hydrogens (tertiary/aromatic N) is 2. The van der Waals surface area contributed by atoms with Crippen molar-refractivity contribution in [3.8, 4) is 6.07 Å². The highest BCUT2D eigenvalue weighted by molar-refractivity contribution is 5.32. The summed E-state index contributed by atoms with van der Waals surface area (Å²) in [7, 11) is 1.73. The molecule has 4 nitrogen and oxygen atoms in total. The van der Waals surface area contributed by atoms with E-state index in [-0.39, 0.29) is 6.10 Å². The monoisotopic (exact) mass is 246 g/mol. The van der Waals surface area contributed by atoms with Gasteiger partial charge < -0.3 is 9.84 Å². The van der Waals surface area contributed by atoms with E-state index in [9.17, 15) is 5.11 Å². The molecule has 0 bridgehead atoms. The number of aliphatic hydroxyl groups is 1. The van der Waals surface area contributed by atoms with Crippen LogP contribution in [0.25, 0.3) is 0 Å². The van der Waals surface area contributed by atoms with E-state index >= 15 is 0 Å². The lowest BCUT2D eigenvalue weighted by Gasteiger charge is -2.20. The fourth-order valence-electron chi connectivity index (χ4n) is 2.29. The van der Waals surface area contributed by atoms with Crippen LogP contribution in [-0.2, 0) is 4.74 Å². The number of methoxy groups -OCH3 is 1. The van der Waals surface area contributed by atoms with Gasteiger partial charge in [0.1, 0.15) is 0 Å². The van der Waals surface area contributed by atoms with E-state index in [1.54, 1.807) is 19.2 Å². The SMILES string of the molecule is COC1CCN(CC(O)c2ccc(C#N)cc2)C1. The predicted octanol–water partition coefficient (Wildman–Crippen LogP) is 1.31. The Morgan fingerprint density at radius 2 is 2.22 bits per heavy atom. The van der Waals surface area contributed by atoms with E-state index in [2.05, 4.69) is 11.0 Å². The van der Waals surface area contributed by atoms with Crippen molar-refractivity contribution in [1.29, 1.82) is 5.26 Å². The molecule has 18 heavy (non-hydrogen) atoms. The molecule has 2 rings (SSSR count). The summed E-state index contributed by atoms with van der Waals surface area (Å²) < 4.78 is 5.30. The first-order valence-corrected chi connectivity index (χ1v) is 6.16. The Balaban J connectivity index is 1.91. The zero-order valence-corrected chi connectivity index (χ0v) is 10.5. The molecule has 0 aromatic heterocycles. The van der Waals surface area contributed by atoms with Crippen LogP contribution < -0.4 is 0 Å².